The molecule has 4 heteroatoms. The first-order valence-corrected chi connectivity index (χ1v) is 4.75. The number of aliphatic hydroxyl groups is 1. The average Bonchev–Trinajstić information content (AvgIpc) is 2.10. The largest absolute Gasteiger partial charge is 0.394 e. The molecule has 12 heavy (non-hydrogen) atoms. The van der Waals surface area contributed by atoms with Crippen molar-refractivity contribution in [2.24, 2.45) is 0 Å². The molecule has 0 bridgehead atoms. The molecule has 1 heterocycles. The lowest BCUT2D eigenvalue weighted by Gasteiger charge is -2.12. The Morgan fingerprint density at radius 3 is 2.83 bits per heavy atom. The molecule has 3 nitrogen and oxygen atoms in total. The van der Waals surface area contributed by atoms with Gasteiger partial charge in [-0.05, 0) is 41.3 Å². The van der Waals surface area contributed by atoms with Gasteiger partial charge in [-0.2, -0.15) is 0 Å². The predicted molar refractivity (Wildman–Crippen MR) is 55.8 cm³/mol. The van der Waals surface area contributed by atoms with Crippen LogP contribution in [-0.4, -0.2) is 23.7 Å². The second kappa shape index (κ2) is 4.74. The van der Waals surface area contributed by atoms with E-state index in [1.165, 1.54) is 0 Å². The van der Waals surface area contributed by atoms with Crippen LogP contribution >= 0.6 is 22.6 Å². The summed E-state index contributed by atoms with van der Waals surface area (Å²) in [5.41, 5.74) is 1.01. The molecule has 2 N–H and O–H groups in total. The van der Waals surface area contributed by atoms with Crippen molar-refractivity contribution in [3.63, 3.8) is 0 Å². The van der Waals surface area contributed by atoms with Gasteiger partial charge in [0.15, 0.2) is 0 Å². The molecule has 1 unspecified atom stereocenters. The number of pyridine rings is 1. The maximum absolute atomic E-state index is 8.96. The summed E-state index contributed by atoms with van der Waals surface area (Å²) in [4.78, 5) is 4.13. The van der Waals surface area contributed by atoms with E-state index < -0.39 is 0 Å². The van der Waals surface area contributed by atoms with Crippen molar-refractivity contribution in [3.8, 4) is 0 Å². The van der Waals surface area contributed by atoms with Crippen molar-refractivity contribution in [2.75, 3.05) is 13.7 Å². The maximum Gasteiger partial charge on any atom is 0.101 e. The van der Waals surface area contributed by atoms with Crippen LogP contribution in [0.1, 0.15) is 11.6 Å². The van der Waals surface area contributed by atoms with Crippen molar-refractivity contribution in [3.05, 3.63) is 27.6 Å². The van der Waals surface area contributed by atoms with Crippen LogP contribution in [0.3, 0.4) is 0 Å². The Morgan fingerprint density at radius 2 is 2.42 bits per heavy atom. The topological polar surface area (TPSA) is 45.1 Å². The van der Waals surface area contributed by atoms with Crippen LogP contribution in [0.4, 0.5) is 0 Å². The first kappa shape index (κ1) is 9.88. The van der Waals surface area contributed by atoms with E-state index in [1.54, 1.807) is 6.20 Å². The summed E-state index contributed by atoms with van der Waals surface area (Å²) in [6.45, 7) is 0.0960. The molecule has 0 fully saturated rings. The van der Waals surface area contributed by atoms with Crippen molar-refractivity contribution < 1.29 is 5.11 Å². The number of nitrogens with zero attached hydrogens (tertiary/aromatic N) is 1. The normalized spacial score (nSPS) is 12.9. The SMILES string of the molecule is CNC(CO)c1ccc(I)nc1. The third kappa shape index (κ3) is 2.40. The second-order valence-electron chi connectivity index (χ2n) is 2.44. The van der Waals surface area contributed by atoms with E-state index in [-0.39, 0.29) is 12.6 Å². The number of hydrogen-bond donors (Lipinski definition) is 2. The molecule has 0 aliphatic heterocycles. The zero-order chi connectivity index (χ0) is 8.97. The highest BCUT2D eigenvalue weighted by Crippen LogP contribution is 2.11. The van der Waals surface area contributed by atoms with Crippen LogP contribution in [0.5, 0.6) is 0 Å². The number of aromatic nitrogens is 1. The van der Waals surface area contributed by atoms with E-state index in [0.29, 0.717) is 0 Å². The number of hydrogen-bond acceptors (Lipinski definition) is 3. The Hall–Kier alpha value is -0.200. The van der Waals surface area contributed by atoms with Crippen LogP contribution in [-0.2, 0) is 0 Å². The Morgan fingerprint density at radius 1 is 1.67 bits per heavy atom. The highest BCUT2D eigenvalue weighted by Gasteiger charge is 2.06. The Bertz CT molecular complexity index is 233. The van der Waals surface area contributed by atoms with E-state index in [4.69, 9.17) is 5.11 Å². The van der Waals surface area contributed by atoms with E-state index in [2.05, 4.69) is 32.9 Å². The third-order valence-electron chi connectivity index (χ3n) is 1.68. The lowest BCUT2D eigenvalue weighted by molar-refractivity contribution is 0.250. The first-order chi connectivity index (χ1) is 5.77. The van der Waals surface area contributed by atoms with Crippen molar-refractivity contribution in [2.45, 2.75) is 6.04 Å². The van der Waals surface area contributed by atoms with Crippen LogP contribution in [0.25, 0.3) is 0 Å². The van der Waals surface area contributed by atoms with Gasteiger partial charge in [-0.25, -0.2) is 4.98 Å². The van der Waals surface area contributed by atoms with Crippen molar-refractivity contribution >= 4 is 22.6 Å². The summed E-state index contributed by atoms with van der Waals surface area (Å²) in [6.07, 6.45) is 1.78. The van der Waals surface area contributed by atoms with Gasteiger partial charge in [0.1, 0.15) is 3.70 Å². The van der Waals surface area contributed by atoms with Gasteiger partial charge in [-0.3, -0.25) is 0 Å². The van der Waals surface area contributed by atoms with E-state index in [1.807, 2.05) is 19.2 Å². The number of rotatable bonds is 3. The summed E-state index contributed by atoms with van der Waals surface area (Å²) in [7, 11) is 1.82. The molecule has 0 aromatic carbocycles. The molecule has 1 aromatic heterocycles. The maximum atomic E-state index is 8.96. The van der Waals surface area contributed by atoms with Crippen LogP contribution in [0.2, 0.25) is 0 Å². The van der Waals surface area contributed by atoms with E-state index >= 15 is 0 Å². The molecule has 0 spiro atoms. The summed E-state index contributed by atoms with van der Waals surface area (Å²) >= 11 is 2.15. The minimum atomic E-state index is -0.00509. The molecule has 66 valence electrons. The quantitative estimate of drug-likeness (QED) is 0.639. The fourth-order valence-electron chi connectivity index (χ4n) is 0.957. The van der Waals surface area contributed by atoms with Gasteiger partial charge in [0.2, 0.25) is 0 Å². The standard InChI is InChI=1S/C8H11IN2O/c1-10-7(5-12)6-2-3-8(9)11-4-6/h2-4,7,10,12H,5H2,1H3. The Kier molecular flexibility index (Phi) is 3.90. The van der Waals surface area contributed by atoms with Gasteiger partial charge in [0, 0.05) is 6.20 Å². The van der Waals surface area contributed by atoms with Gasteiger partial charge in [0.25, 0.3) is 0 Å². The number of aliphatic hydroxyl groups excluding tert-OH is 1. The Balaban J connectivity index is 2.80. The van der Waals surface area contributed by atoms with E-state index in [9.17, 15) is 0 Å². The number of likely N-dealkylation sites (N-methyl/N-ethyl adjacent to an activating group) is 1. The Labute approximate surface area is 85.4 Å². The molecule has 0 aliphatic carbocycles. The molecule has 0 aliphatic rings. The van der Waals surface area contributed by atoms with Gasteiger partial charge < -0.3 is 10.4 Å². The summed E-state index contributed by atoms with van der Waals surface area (Å²) < 4.78 is 0.962. The van der Waals surface area contributed by atoms with Gasteiger partial charge >= 0.3 is 0 Å². The molecule has 0 saturated carbocycles. The predicted octanol–water partition coefficient (Wildman–Crippen LogP) is 0.939. The summed E-state index contributed by atoms with van der Waals surface area (Å²) in [6, 6.07) is 3.89. The molecule has 1 rings (SSSR count). The smallest absolute Gasteiger partial charge is 0.101 e. The fraction of sp³-hybridized carbons (Fsp3) is 0.375. The highest BCUT2D eigenvalue weighted by atomic mass is 127. The second-order valence-corrected chi connectivity index (χ2v) is 3.54. The van der Waals surface area contributed by atoms with Crippen molar-refractivity contribution in [1.82, 2.24) is 10.3 Å². The molecule has 0 amide bonds. The average molecular weight is 278 g/mol. The van der Waals surface area contributed by atoms with Crippen LogP contribution in [0, 0.1) is 3.70 Å². The highest BCUT2D eigenvalue weighted by molar-refractivity contribution is 14.1. The van der Waals surface area contributed by atoms with Gasteiger partial charge in [0.05, 0.1) is 12.6 Å². The minimum absolute atomic E-state index is 0.00509. The fourth-order valence-corrected chi connectivity index (χ4v) is 1.28. The molecule has 1 atom stereocenters. The number of halogens is 1. The lowest BCUT2D eigenvalue weighted by Crippen LogP contribution is -2.19. The zero-order valence-corrected chi connectivity index (χ0v) is 8.95. The van der Waals surface area contributed by atoms with Gasteiger partial charge in [-0.15, -0.1) is 0 Å². The molecule has 1 aromatic rings. The first-order valence-electron chi connectivity index (χ1n) is 3.67. The molecular weight excluding hydrogens is 267 g/mol. The number of nitrogens with one attached hydrogen (secondary N) is 1. The minimum Gasteiger partial charge on any atom is -0.394 e. The lowest BCUT2D eigenvalue weighted by atomic mass is 10.1. The molecule has 0 radical (unpaired) electrons. The van der Waals surface area contributed by atoms with Crippen LogP contribution < -0.4 is 5.32 Å². The van der Waals surface area contributed by atoms with Crippen molar-refractivity contribution in [1.29, 1.82) is 0 Å². The van der Waals surface area contributed by atoms with Crippen LogP contribution in [0.15, 0.2) is 18.3 Å². The summed E-state index contributed by atoms with van der Waals surface area (Å²) in [5, 5.41) is 12.0. The molecule has 0 saturated heterocycles. The zero-order valence-electron chi connectivity index (χ0n) is 6.79. The molecular formula is C8H11IN2O. The third-order valence-corrected chi connectivity index (χ3v) is 2.32. The summed E-state index contributed by atoms with van der Waals surface area (Å²) in [5.74, 6) is 0. The monoisotopic (exact) mass is 278 g/mol. The van der Waals surface area contributed by atoms with Gasteiger partial charge in [-0.1, -0.05) is 6.07 Å². The van der Waals surface area contributed by atoms with E-state index in [0.717, 1.165) is 9.26 Å².